The molecular weight excluding hydrogens is 194 g/mol. The van der Waals surface area contributed by atoms with Crippen molar-refractivity contribution in [3.8, 4) is 0 Å². The maximum atomic E-state index is 11.2. The third-order valence-corrected chi connectivity index (χ3v) is 1.85. The minimum absolute atomic E-state index is 0.186. The summed E-state index contributed by atoms with van der Waals surface area (Å²) < 4.78 is 4.83. The van der Waals surface area contributed by atoms with Crippen LogP contribution in [0.5, 0.6) is 0 Å². The Balaban J connectivity index is 2.57. The van der Waals surface area contributed by atoms with Gasteiger partial charge in [-0.25, -0.2) is 0 Å². The lowest BCUT2D eigenvalue weighted by Gasteiger charge is -2.15. The van der Waals surface area contributed by atoms with Crippen LogP contribution in [-0.4, -0.2) is 36.4 Å². The lowest BCUT2D eigenvalue weighted by atomic mass is 10.4. The Labute approximate surface area is 89.1 Å². The molecule has 0 amide bonds. The van der Waals surface area contributed by atoms with E-state index in [1.165, 1.54) is 0 Å². The molecule has 1 aromatic rings. The van der Waals surface area contributed by atoms with Gasteiger partial charge in [-0.3, -0.25) is 4.79 Å². The summed E-state index contributed by atoms with van der Waals surface area (Å²) in [4.78, 5) is 12.9. The standard InChI is InChI=1S/C10H15N3O2/c1-4-15-10(14)7-13(3)9-6-5-8(2)11-12-9/h5-6H,4,7H2,1-3H3. The summed E-state index contributed by atoms with van der Waals surface area (Å²) in [5, 5.41) is 7.87. The van der Waals surface area contributed by atoms with Crippen LogP contribution in [-0.2, 0) is 9.53 Å². The Kier molecular flexibility index (Phi) is 4.03. The summed E-state index contributed by atoms with van der Waals surface area (Å²) in [5.74, 6) is 0.399. The van der Waals surface area contributed by atoms with Crippen LogP contribution in [0.1, 0.15) is 12.6 Å². The van der Waals surface area contributed by atoms with Crippen molar-refractivity contribution in [2.45, 2.75) is 13.8 Å². The van der Waals surface area contributed by atoms with E-state index in [0.29, 0.717) is 12.4 Å². The predicted molar refractivity (Wildman–Crippen MR) is 56.7 cm³/mol. The normalized spacial score (nSPS) is 9.80. The summed E-state index contributed by atoms with van der Waals surface area (Å²) in [6.45, 7) is 4.23. The number of nitrogens with zero attached hydrogens (tertiary/aromatic N) is 3. The first-order chi connectivity index (χ1) is 7.13. The molecular formula is C10H15N3O2. The topological polar surface area (TPSA) is 55.3 Å². The van der Waals surface area contributed by atoms with Gasteiger partial charge >= 0.3 is 5.97 Å². The molecule has 0 aliphatic rings. The van der Waals surface area contributed by atoms with Crippen molar-refractivity contribution >= 4 is 11.8 Å². The van der Waals surface area contributed by atoms with E-state index in [-0.39, 0.29) is 12.5 Å². The van der Waals surface area contributed by atoms with Gasteiger partial charge in [-0.2, -0.15) is 5.10 Å². The second-order valence-corrected chi connectivity index (χ2v) is 3.19. The molecule has 0 bridgehead atoms. The molecule has 82 valence electrons. The minimum Gasteiger partial charge on any atom is -0.465 e. The van der Waals surface area contributed by atoms with Crippen molar-refractivity contribution in [1.82, 2.24) is 10.2 Å². The van der Waals surface area contributed by atoms with Crippen molar-refractivity contribution in [3.05, 3.63) is 17.8 Å². The molecule has 0 spiro atoms. The number of anilines is 1. The van der Waals surface area contributed by atoms with E-state index in [1.54, 1.807) is 18.9 Å². The van der Waals surface area contributed by atoms with E-state index < -0.39 is 0 Å². The van der Waals surface area contributed by atoms with Gasteiger partial charge in [-0.15, -0.1) is 5.10 Å². The smallest absolute Gasteiger partial charge is 0.325 e. The number of aromatic nitrogens is 2. The molecule has 5 heteroatoms. The molecule has 0 saturated heterocycles. The maximum Gasteiger partial charge on any atom is 0.325 e. The van der Waals surface area contributed by atoms with E-state index >= 15 is 0 Å². The number of hydrogen-bond donors (Lipinski definition) is 0. The van der Waals surface area contributed by atoms with Gasteiger partial charge in [0.05, 0.1) is 12.3 Å². The Morgan fingerprint density at radius 3 is 2.73 bits per heavy atom. The van der Waals surface area contributed by atoms with Gasteiger partial charge < -0.3 is 9.64 Å². The number of ether oxygens (including phenoxy) is 1. The molecule has 0 atom stereocenters. The summed E-state index contributed by atoms with van der Waals surface area (Å²) in [5.41, 5.74) is 0.850. The minimum atomic E-state index is -0.262. The van der Waals surface area contributed by atoms with Crippen LogP contribution in [0.15, 0.2) is 12.1 Å². The van der Waals surface area contributed by atoms with Crippen molar-refractivity contribution < 1.29 is 9.53 Å². The number of rotatable bonds is 4. The summed E-state index contributed by atoms with van der Waals surface area (Å²) >= 11 is 0. The molecule has 1 aromatic heterocycles. The third kappa shape index (κ3) is 3.53. The van der Waals surface area contributed by atoms with Crippen LogP contribution in [0.4, 0.5) is 5.82 Å². The SMILES string of the molecule is CCOC(=O)CN(C)c1ccc(C)nn1. The first-order valence-electron chi connectivity index (χ1n) is 4.80. The van der Waals surface area contributed by atoms with Crippen molar-refractivity contribution in [3.63, 3.8) is 0 Å². The fourth-order valence-electron chi connectivity index (χ4n) is 1.08. The number of carbonyl (C=O) groups is 1. The lowest BCUT2D eigenvalue weighted by molar-refractivity contribution is -0.141. The van der Waals surface area contributed by atoms with Crippen molar-refractivity contribution in [2.24, 2.45) is 0 Å². The zero-order valence-corrected chi connectivity index (χ0v) is 9.23. The Morgan fingerprint density at radius 1 is 1.47 bits per heavy atom. The average Bonchev–Trinajstić information content (AvgIpc) is 2.18. The largest absolute Gasteiger partial charge is 0.465 e. The van der Waals surface area contributed by atoms with Crippen LogP contribution in [0.3, 0.4) is 0 Å². The Bertz CT molecular complexity index is 324. The van der Waals surface area contributed by atoms with Gasteiger partial charge in [-0.05, 0) is 26.0 Å². The number of aryl methyl sites for hydroxylation is 1. The molecule has 0 N–H and O–H groups in total. The van der Waals surface area contributed by atoms with Gasteiger partial charge in [0.15, 0.2) is 5.82 Å². The molecule has 1 heterocycles. The lowest BCUT2D eigenvalue weighted by Crippen LogP contribution is -2.28. The number of hydrogen-bond acceptors (Lipinski definition) is 5. The molecule has 0 unspecified atom stereocenters. The van der Waals surface area contributed by atoms with Crippen LogP contribution >= 0.6 is 0 Å². The number of esters is 1. The zero-order valence-electron chi connectivity index (χ0n) is 9.23. The molecule has 0 saturated carbocycles. The van der Waals surface area contributed by atoms with E-state index in [1.807, 2.05) is 19.1 Å². The van der Waals surface area contributed by atoms with Gasteiger partial charge in [-0.1, -0.05) is 0 Å². The predicted octanol–water partition coefficient (Wildman–Crippen LogP) is 0.784. The highest BCUT2D eigenvalue weighted by Crippen LogP contribution is 2.06. The molecule has 5 nitrogen and oxygen atoms in total. The van der Waals surface area contributed by atoms with Crippen molar-refractivity contribution in [2.75, 3.05) is 25.1 Å². The van der Waals surface area contributed by atoms with E-state index in [0.717, 1.165) is 5.69 Å². The summed E-state index contributed by atoms with van der Waals surface area (Å²) in [7, 11) is 1.77. The fraction of sp³-hybridized carbons (Fsp3) is 0.500. The second kappa shape index (κ2) is 5.29. The first-order valence-corrected chi connectivity index (χ1v) is 4.80. The number of carbonyl (C=O) groups excluding carboxylic acids is 1. The van der Waals surface area contributed by atoms with Gasteiger partial charge in [0, 0.05) is 7.05 Å². The van der Waals surface area contributed by atoms with E-state index in [2.05, 4.69) is 10.2 Å². The van der Waals surface area contributed by atoms with Crippen molar-refractivity contribution in [1.29, 1.82) is 0 Å². The van der Waals surface area contributed by atoms with E-state index in [9.17, 15) is 4.79 Å². The van der Waals surface area contributed by atoms with Gasteiger partial charge in [0.2, 0.25) is 0 Å². The van der Waals surface area contributed by atoms with Gasteiger partial charge in [0.1, 0.15) is 6.54 Å². The zero-order chi connectivity index (χ0) is 11.3. The Morgan fingerprint density at radius 2 is 2.20 bits per heavy atom. The molecule has 0 aromatic carbocycles. The summed E-state index contributed by atoms with van der Waals surface area (Å²) in [6.07, 6.45) is 0. The molecule has 0 radical (unpaired) electrons. The Hall–Kier alpha value is -1.65. The maximum absolute atomic E-state index is 11.2. The first kappa shape index (κ1) is 11.4. The van der Waals surface area contributed by atoms with Crippen LogP contribution in [0.2, 0.25) is 0 Å². The molecule has 0 fully saturated rings. The highest BCUT2D eigenvalue weighted by atomic mass is 16.5. The molecule has 0 aliphatic heterocycles. The molecule has 1 rings (SSSR count). The highest BCUT2D eigenvalue weighted by Gasteiger charge is 2.08. The quantitative estimate of drug-likeness (QED) is 0.686. The van der Waals surface area contributed by atoms with Crippen LogP contribution < -0.4 is 4.90 Å². The summed E-state index contributed by atoms with van der Waals surface area (Å²) in [6, 6.07) is 3.67. The second-order valence-electron chi connectivity index (χ2n) is 3.19. The third-order valence-electron chi connectivity index (χ3n) is 1.85. The highest BCUT2D eigenvalue weighted by molar-refractivity contribution is 5.75. The monoisotopic (exact) mass is 209 g/mol. The van der Waals surface area contributed by atoms with E-state index in [4.69, 9.17) is 4.74 Å². The average molecular weight is 209 g/mol. The number of likely N-dealkylation sites (N-methyl/N-ethyl adjacent to an activating group) is 1. The van der Waals surface area contributed by atoms with Crippen LogP contribution in [0, 0.1) is 6.92 Å². The molecule has 15 heavy (non-hydrogen) atoms. The van der Waals surface area contributed by atoms with Crippen LogP contribution in [0.25, 0.3) is 0 Å². The molecule has 0 aliphatic carbocycles. The van der Waals surface area contributed by atoms with Gasteiger partial charge in [0.25, 0.3) is 0 Å². The fourth-order valence-corrected chi connectivity index (χ4v) is 1.08.